The second-order valence-electron chi connectivity index (χ2n) is 4.95. The summed E-state index contributed by atoms with van der Waals surface area (Å²) in [5.74, 6) is 1.08. The minimum atomic E-state index is -0.262. The van der Waals surface area contributed by atoms with Crippen LogP contribution < -0.4 is 10.1 Å². The van der Waals surface area contributed by atoms with E-state index in [-0.39, 0.29) is 12.5 Å². The summed E-state index contributed by atoms with van der Waals surface area (Å²) in [7, 11) is 0. The van der Waals surface area contributed by atoms with Gasteiger partial charge in [-0.2, -0.15) is 4.98 Å². The van der Waals surface area contributed by atoms with Crippen LogP contribution in [0.3, 0.4) is 0 Å². The SMILES string of the molecule is Cc1nc(COc2ccccc2C(=O)Nc2ccccc2Br)no1. The number of carbonyl (C=O) groups is 1. The maximum atomic E-state index is 12.5. The number of aromatic nitrogens is 2. The zero-order valence-electron chi connectivity index (χ0n) is 12.8. The fourth-order valence-electron chi connectivity index (χ4n) is 2.07. The summed E-state index contributed by atoms with van der Waals surface area (Å²) in [6.07, 6.45) is 0. The number of amides is 1. The average molecular weight is 388 g/mol. The first-order valence-corrected chi connectivity index (χ1v) is 7.99. The fourth-order valence-corrected chi connectivity index (χ4v) is 2.46. The van der Waals surface area contributed by atoms with Gasteiger partial charge in [-0.1, -0.05) is 29.4 Å². The van der Waals surface area contributed by atoms with Crippen molar-refractivity contribution in [3.8, 4) is 5.75 Å². The lowest BCUT2D eigenvalue weighted by Gasteiger charge is -2.11. The highest BCUT2D eigenvalue weighted by molar-refractivity contribution is 9.10. The Hall–Kier alpha value is -2.67. The smallest absolute Gasteiger partial charge is 0.259 e. The highest BCUT2D eigenvalue weighted by atomic mass is 79.9. The quantitative estimate of drug-likeness (QED) is 0.716. The molecule has 24 heavy (non-hydrogen) atoms. The van der Waals surface area contributed by atoms with Crippen molar-refractivity contribution in [2.75, 3.05) is 5.32 Å². The summed E-state index contributed by atoms with van der Waals surface area (Å²) in [5.41, 5.74) is 1.11. The number of carbonyl (C=O) groups excluding carboxylic acids is 1. The molecule has 2 aromatic carbocycles. The van der Waals surface area contributed by atoms with Gasteiger partial charge in [-0.25, -0.2) is 0 Å². The van der Waals surface area contributed by atoms with E-state index in [0.717, 1.165) is 4.47 Å². The maximum absolute atomic E-state index is 12.5. The lowest BCUT2D eigenvalue weighted by molar-refractivity contribution is 0.102. The number of benzene rings is 2. The number of aryl methyl sites for hydroxylation is 1. The highest BCUT2D eigenvalue weighted by Crippen LogP contribution is 2.24. The second kappa shape index (κ2) is 7.27. The lowest BCUT2D eigenvalue weighted by atomic mass is 10.2. The lowest BCUT2D eigenvalue weighted by Crippen LogP contribution is -2.14. The monoisotopic (exact) mass is 387 g/mol. The third kappa shape index (κ3) is 3.80. The van der Waals surface area contributed by atoms with Crippen LogP contribution in [0.5, 0.6) is 5.75 Å². The van der Waals surface area contributed by atoms with Crippen molar-refractivity contribution in [2.45, 2.75) is 13.5 Å². The Kier molecular flexibility index (Phi) is 4.90. The van der Waals surface area contributed by atoms with Crippen molar-refractivity contribution in [3.05, 3.63) is 70.3 Å². The molecule has 0 fully saturated rings. The first-order valence-electron chi connectivity index (χ1n) is 7.20. The topological polar surface area (TPSA) is 77.2 Å². The molecule has 0 bridgehead atoms. The molecule has 0 atom stereocenters. The second-order valence-corrected chi connectivity index (χ2v) is 5.80. The summed E-state index contributed by atoms with van der Waals surface area (Å²) < 4.78 is 11.4. The van der Waals surface area contributed by atoms with Gasteiger partial charge in [-0.15, -0.1) is 0 Å². The van der Waals surface area contributed by atoms with E-state index in [1.807, 2.05) is 24.3 Å². The van der Waals surface area contributed by atoms with Gasteiger partial charge in [-0.05, 0) is 40.2 Å². The van der Waals surface area contributed by atoms with Gasteiger partial charge in [0.1, 0.15) is 5.75 Å². The van der Waals surface area contributed by atoms with Crippen LogP contribution in [0.1, 0.15) is 22.1 Å². The van der Waals surface area contributed by atoms with Gasteiger partial charge in [0, 0.05) is 11.4 Å². The summed E-state index contributed by atoms with van der Waals surface area (Å²) in [6, 6.07) is 14.4. The number of anilines is 1. The molecule has 6 nitrogen and oxygen atoms in total. The number of hydrogen-bond acceptors (Lipinski definition) is 5. The Morgan fingerprint density at radius 2 is 1.96 bits per heavy atom. The Labute approximate surface area is 147 Å². The minimum Gasteiger partial charge on any atom is -0.485 e. The van der Waals surface area contributed by atoms with Crippen molar-refractivity contribution >= 4 is 27.5 Å². The molecule has 122 valence electrons. The number of nitrogens with zero attached hydrogens (tertiary/aromatic N) is 2. The van der Waals surface area contributed by atoms with Crippen LogP contribution in [0.2, 0.25) is 0 Å². The molecule has 0 saturated heterocycles. The summed E-state index contributed by atoms with van der Waals surface area (Å²) in [5, 5.41) is 6.62. The molecule has 3 aromatic rings. The normalized spacial score (nSPS) is 10.4. The summed E-state index contributed by atoms with van der Waals surface area (Å²) >= 11 is 3.41. The van der Waals surface area contributed by atoms with E-state index < -0.39 is 0 Å². The molecule has 0 radical (unpaired) electrons. The van der Waals surface area contributed by atoms with Crippen LogP contribution in [0.25, 0.3) is 0 Å². The van der Waals surface area contributed by atoms with E-state index in [2.05, 4.69) is 31.4 Å². The van der Waals surface area contributed by atoms with Gasteiger partial charge in [0.15, 0.2) is 6.61 Å². The molecule has 3 rings (SSSR count). The van der Waals surface area contributed by atoms with Gasteiger partial charge in [-0.3, -0.25) is 4.79 Å². The van der Waals surface area contributed by atoms with Gasteiger partial charge < -0.3 is 14.6 Å². The molecule has 0 aliphatic heterocycles. The molecule has 1 amide bonds. The average Bonchev–Trinajstić information content (AvgIpc) is 3.01. The molecule has 7 heteroatoms. The van der Waals surface area contributed by atoms with Crippen LogP contribution in [0.15, 0.2) is 57.5 Å². The number of ether oxygens (including phenoxy) is 1. The van der Waals surface area contributed by atoms with Crippen LogP contribution in [0, 0.1) is 6.92 Å². The van der Waals surface area contributed by atoms with E-state index in [1.54, 1.807) is 31.2 Å². The van der Waals surface area contributed by atoms with E-state index in [0.29, 0.717) is 28.7 Å². The van der Waals surface area contributed by atoms with E-state index in [1.165, 1.54) is 0 Å². The Balaban J connectivity index is 1.75. The highest BCUT2D eigenvalue weighted by Gasteiger charge is 2.14. The Morgan fingerprint density at radius 1 is 1.21 bits per heavy atom. The van der Waals surface area contributed by atoms with Crippen LogP contribution in [-0.2, 0) is 6.61 Å². The molecule has 1 N–H and O–H groups in total. The molecule has 1 heterocycles. The van der Waals surface area contributed by atoms with Crippen molar-refractivity contribution in [3.63, 3.8) is 0 Å². The number of nitrogens with one attached hydrogen (secondary N) is 1. The number of para-hydroxylation sites is 2. The third-order valence-corrected chi connectivity index (χ3v) is 3.87. The maximum Gasteiger partial charge on any atom is 0.259 e. The van der Waals surface area contributed by atoms with Gasteiger partial charge in [0.25, 0.3) is 5.91 Å². The molecule has 0 aliphatic rings. The standard InChI is InChI=1S/C17H14BrN3O3/c1-11-19-16(21-24-11)10-23-15-9-5-2-6-12(15)17(22)20-14-8-4-3-7-13(14)18/h2-9H,10H2,1H3,(H,20,22). The number of halogens is 1. The zero-order chi connectivity index (χ0) is 16.9. The van der Waals surface area contributed by atoms with E-state index in [4.69, 9.17) is 9.26 Å². The first-order chi connectivity index (χ1) is 11.6. The molecule has 0 saturated carbocycles. The predicted molar refractivity (Wildman–Crippen MR) is 91.9 cm³/mol. The molecule has 1 aromatic heterocycles. The fraction of sp³-hybridized carbons (Fsp3) is 0.118. The molecule has 0 spiro atoms. The van der Waals surface area contributed by atoms with Crippen molar-refractivity contribution in [2.24, 2.45) is 0 Å². The number of rotatable bonds is 5. The van der Waals surface area contributed by atoms with Crippen LogP contribution >= 0.6 is 15.9 Å². The molecular weight excluding hydrogens is 374 g/mol. The first kappa shape index (κ1) is 16.2. The van der Waals surface area contributed by atoms with Crippen molar-refractivity contribution in [1.29, 1.82) is 0 Å². The third-order valence-electron chi connectivity index (χ3n) is 3.18. The van der Waals surface area contributed by atoms with Crippen molar-refractivity contribution < 1.29 is 14.1 Å². The van der Waals surface area contributed by atoms with E-state index >= 15 is 0 Å². The molecular formula is C17H14BrN3O3. The molecule has 0 unspecified atom stereocenters. The van der Waals surface area contributed by atoms with Gasteiger partial charge >= 0.3 is 0 Å². The Morgan fingerprint density at radius 3 is 2.71 bits per heavy atom. The molecule has 0 aliphatic carbocycles. The minimum absolute atomic E-state index is 0.122. The van der Waals surface area contributed by atoms with Crippen LogP contribution in [0.4, 0.5) is 5.69 Å². The predicted octanol–water partition coefficient (Wildman–Crippen LogP) is 3.97. The number of hydrogen-bond donors (Lipinski definition) is 1. The zero-order valence-corrected chi connectivity index (χ0v) is 14.4. The Bertz CT molecular complexity index is 864. The van der Waals surface area contributed by atoms with E-state index in [9.17, 15) is 4.79 Å². The summed E-state index contributed by atoms with van der Waals surface area (Å²) in [6.45, 7) is 1.83. The van der Waals surface area contributed by atoms with Crippen LogP contribution in [-0.4, -0.2) is 16.0 Å². The van der Waals surface area contributed by atoms with Gasteiger partial charge in [0.2, 0.25) is 11.7 Å². The van der Waals surface area contributed by atoms with Crippen molar-refractivity contribution in [1.82, 2.24) is 10.1 Å². The van der Waals surface area contributed by atoms with Gasteiger partial charge in [0.05, 0.1) is 11.3 Å². The summed E-state index contributed by atoms with van der Waals surface area (Å²) in [4.78, 5) is 16.6. The largest absolute Gasteiger partial charge is 0.485 e.